The van der Waals surface area contributed by atoms with E-state index < -0.39 is 0 Å². The van der Waals surface area contributed by atoms with Crippen LogP contribution in [0, 0.1) is 11.7 Å². The quantitative estimate of drug-likeness (QED) is 0.759. The van der Waals surface area contributed by atoms with E-state index >= 15 is 0 Å². The first-order valence-corrected chi connectivity index (χ1v) is 10.6. The third-order valence-corrected chi connectivity index (χ3v) is 5.61. The van der Waals surface area contributed by atoms with E-state index in [2.05, 4.69) is 5.32 Å². The average molecular weight is 410 g/mol. The maximum atomic E-state index is 13.4. The zero-order chi connectivity index (χ0) is 20.9. The standard InChI is InChI=1S/C24H27FN2O3/c25-20-7-1-4-17(12-20)13-23(28)27-11-3-5-18(15-27)16-30-22-8-2-6-19(14-22)24(29)26-21-9-10-21/h1-2,4,6-8,12,14,18,21H,3,5,9-11,13,15-16H2,(H,26,29)/t18-/m1/s1. The number of nitrogens with one attached hydrogen (secondary N) is 1. The predicted molar refractivity (Wildman–Crippen MR) is 112 cm³/mol. The Kier molecular flexibility index (Phi) is 6.31. The van der Waals surface area contributed by atoms with Gasteiger partial charge in [0.05, 0.1) is 13.0 Å². The van der Waals surface area contributed by atoms with E-state index in [0.29, 0.717) is 36.1 Å². The van der Waals surface area contributed by atoms with Gasteiger partial charge in [-0.15, -0.1) is 0 Å². The monoisotopic (exact) mass is 410 g/mol. The number of benzene rings is 2. The van der Waals surface area contributed by atoms with Crippen molar-refractivity contribution in [2.24, 2.45) is 5.92 Å². The average Bonchev–Trinajstić information content (AvgIpc) is 3.57. The molecule has 1 saturated heterocycles. The molecule has 0 spiro atoms. The lowest BCUT2D eigenvalue weighted by Gasteiger charge is -2.32. The number of carbonyl (C=O) groups excluding carboxylic acids is 2. The summed E-state index contributed by atoms with van der Waals surface area (Å²) in [5.74, 6) is 0.540. The minimum absolute atomic E-state index is 0.0176. The summed E-state index contributed by atoms with van der Waals surface area (Å²) in [6, 6.07) is 13.8. The van der Waals surface area contributed by atoms with Crippen LogP contribution in [0.3, 0.4) is 0 Å². The Morgan fingerprint density at radius 3 is 2.73 bits per heavy atom. The van der Waals surface area contributed by atoms with E-state index in [1.165, 1.54) is 12.1 Å². The van der Waals surface area contributed by atoms with Gasteiger partial charge in [0.1, 0.15) is 11.6 Å². The van der Waals surface area contributed by atoms with Crippen molar-refractivity contribution in [1.29, 1.82) is 0 Å². The van der Waals surface area contributed by atoms with E-state index in [1.54, 1.807) is 24.3 Å². The summed E-state index contributed by atoms with van der Waals surface area (Å²) < 4.78 is 19.3. The second-order valence-corrected chi connectivity index (χ2v) is 8.24. The second kappa shape index (κ2) is 9.28. The molecule has 0 radical (unpaired) electrons. The van der Waals surface area contributed by atoms with Crippen LogP contribution in [-0.4, -0.2) is 42.5 Å². The van der Waals surface area contributed by atoms with Crippen LogP contribution in [0.4, 0.5) is 4.39 Å². The van der Waals surface area contributed by atoms with Crippen LogP contribution in [0.1, 0.15) is 41.6 Å². The smallest absolute Gasteiger partial charge is 0.251 e. The van der Waals surface area contributed by atoms with Crippen molar-refractivity contribution in [3.05, 3.63) is 65.5 Å². The van der Waals surface area contributed by atoms with Crippen LogP contribution < -0.4 is 10.1 Å². The van der Waals surface area contributed by atoms with Gasteiger partial charge in [-0.3, -0.25) is 9.59 Å². The lowest BCUT2D eigenvalue weighted by atomic mass is 9.98. The van der Waals surface area contributed by atoms with Crippen molar-refractivity contribution in [1.82, 2.24) is 10.2 Å². The molecule has 1 N–H and O–H groups in total. The number of amides is 2. The van der Waals surface area contributed by atoms with Crippen molar-refractivity contribution in [2.75, 3.05) is 19.7 Å². The molecule has 0 unspecified atom stereocenters. The maximum absolute atomic E-state index is 13.4. The van der Waals surface area contributed by atoms with Gasteiger partial charge in [-0.2, -0.15) is 0 Å². The Morgan fingerprint density at radius 2 is 1.93 bits per heavy atom. The molecule has 6 heteroatoms. The van der Waals surface area contributed by atoms with Gasteiger partial charge in [-0.25, -0.2) is 4.39 Å². The highest BCUT2D eigenvalue weighted by molar-refractivity contribution is 5.94. The molecule has 5 nitrogen and oxygen atoms in total. The molecule has 1 saturated carbocycles. The molecule has 30 heavy (non-hydrogen) atoms. The molecule has 158 valence electrons. The molecule has 1 atom stereocenters. The minimum atomic E-state index is -0.321. The summed E-state index contributed by atoms with van der Waals surface area (Å²) in [5, 5.41) is 2.98. The highest BCUT2D eigenvalue weighted by atomic mass is 19.1. The Labute approximate surface area is 176 Å². The van der Waals surface area contributed by atoms with Crippen molar-refractivity contribution in [3.63, 3.8) is 0 Å². The number of halogens is 1. The number of rotatable bonds is 7. The molecule has 0 aromatic heterocycles. The summed E-state index contributed by atoms with van der Waals surface area (Å²) in [5.41, 5.74) is 1.30. The lowest BCUT2D eigenvalue weighted by molar-refractivity contribution is -0.132. The summed E-state index contributed by atoms with van der Waals surface area (Å²) in [7, 11) is 0. The molecular formula is C24H27FN2O3. The first-order valence-electron chi connectivity index (χ1n) is 10.6. The molecule has 2 aromatic carbocycles. The molecule has 0 bridgehead atoms. The SMILES string of the molecule is O=C(NC1CC1)c1cccc(OC[C@@H]2CCCN(C(=O)Cc3cccc(F)c3)C2)c1. The van der Waals surface area contributed by atoms with Gasteiger partial charge in [0.25, 0.3) is 5.91 Å². The third kappa shape index (κ3) is 5.59. The Hall–Kier alpha value is -2.89. The fraction of sp³-hybridized carbons (Fsp3) is 0.417. The number of hydrogen-bond acceptors (Lipinski definition) is 3. The largest absolute Gasteiger partial charge is 0.493 e. The van der Waals surface area contributed by atoms with Crippen LogP contribution >= 0.6 is 0 Å². The number of nitrogens with zero attached hydrogens (tertiary/aromatic N) is 1. The molecule has 2 aliphatic rings. The van der Waals surface area contributed by atoms with Crippen LogP contribution in [-0.2, 0) is 11.2 Å². The van der Waals surface area contributed by atoms with Crippen molar-refractivity contribution >= 4 is 11.8 Å². The summed E-state index contributed by atoms with van der Waals surface area (Å²) in [6.07, 6.45) is 4.23. The van der Waals surface area contributed by atoms with Crippen LogP contribution in [0.15, 0.2) is 48.5 Å². The number of piperidine rings is 1. The summed E-state index contributed by atoms with van der Waals surface area (Å²) >= 11 is 0. The van der Waals surface area contributed by atoms with E-state index in [1.807, 2.05) is 17.0 Å². The number of hydrogen-bond donors (Lipinski definition) is 1. The topological polar surface area (TPSA) is 58.6 Å². The molecule has 2 amide bonds. The van der Waals surface area contributed by atoms with Gasteiger partial charge >= 0.3 is 0 Å². The van der Waals surface area contributed by atoms with Gasteiger partial charge in [0.15, 0.2) is 0 Å². The summed E-state index contributed by atoms with van der Waals surface area (Å²) in [6.45, 7) is 1.86. The van der Waals surface area contributed by atoms with E-state index in [9.17, 15) is 14.0 Å². The first kappa shape index (κ1) is 20.4. The molecule has 4 rings (SSSR count). The van der Waals surface area contributed by atoms with Crippen LogP contribution in [0.5, 0.6) is 5.75 Å². The molecule has 1 heterocycles. The summed E-state index contributed by atoms with van der Waals surface area (Å²) in [4.78, 5) is 26.7. The number of ether oxygens (including phenoxy) is 1. The minimum Gasteiger partial charge on any atom is -0.493 e. The fourth-order valence-electron chi connectivity index (χ4n) is 3.80. The Balaban J connectivity index is 1.28. The molecule has 1 aliphatic heterocycles. The lowest BCUT2D eigenvalue weighted by Crippen LogP contribution is -2.42. The zero-order valence-electron chi connectivity index (χ0n) is 17.0. The fourth-order valence-corrected chi connectivity index (χ4v) is 3.80. The Bertz CT molecular complexity index is 913. The maximum Gasteiger partial charge on any atom is 0.251 e. The molecule has 2 fully saturated rings. The Morgan fingerprint density at radius 1 is 1.10 bits per heavy atom. The highest BCUT2D eigenvalue weighted by Crippen LogP contribution is 2.22. The zero-order valence-corrected chi connectivity index (χ0v) is 17.0. The van der Waals surface area contributed by atoms with Gasteiger partial charge in [-0.05, 0) is 61.6 Å². The first-order chi connectivity index (χ1) is 14.6. The van der Waals surface area contributed by atoms with Gasteiger partial charge in [-0.1, -0.05) is 18.2 Å². The van der Waals surface area contributed by atoms with E-state index in [4.69, 9.17) is 4.74 Å². The predicted octanol–water partition coefficient (Wildman–Crippen LogP) is 3.58. The normalized spacial score (nSPS) is 18.7. The van der Waals surface area contributed by atoms with Gasteiger partial charge in [0.2, 0.25) is 5.91 Å². The second-order valence-electron chi connectivity index (χ2n) is 8.24. The number of likely N-dealkylation sites (tertiary alicyclic amines) is 1. The van der Waals surface area contributed by atoms with Crippen molar-refractivity contribution < 1.29 is 18.7 Å². The third-order valence-electron chi connectivity index (χ3n) is 5.61. The van der Waals surface area contributed by atoms with Crippen LogP contribution in [0.25, 0.3) is 0 Å². The molecule has 1 aliphatic carbocycles. The van der Waals surface area contributed by atoms with E-state index in [0.717, 1.165) is 32.2 Å². The highest BCUT2D eigenvalue weighted by Gasteiger charge is 2.25. The van der Waals surface area contributed by atoms with Gasteiger partial charge in [0, 0.05) is 30.6 Å². The van der Waals surface area contributed by atoms with Crippen LogP contribution in [0.2, 0.25) is 0 Å². The van der Waals surface area contributed by atoms with E-state index in [-0.39, 0.29) is 30.0 Å². The molecule has 2 aromatic rings. The van der Waals surface area contributed by atoms with Crippen molar-refractivity contribution in [2.45, 2.75) is 38.1 Å². The van der Waals surface area contributed by atoms with Gasteiger partial charge < -0.3 is 15.0 Å². The van der Waals surface area contributed by atoms with Crippen molar-refractivity contribution in [3.8, 4) is 5.75 Å². The molecular weight excluding hydrogens is 383 g/mol. The number of carbonyl (C=O) groups is 2.